The van der Waals surface area contributed by atoms with Gasteiger partial charge in [-0.15, -0.1) is 21.5 Å². The number of hydrogen-bond acceptors (Lipinski definition) is 4. The maximum atomic E-state index is 12.6. The third-order valence-corrected chi connectivity index (χ3v) is 4.69. The minimum atomic E-state index is -0.152. The minimum Gasteiger partial charge on any atom is -0.304 e. The number of carbonyl (C=O) groups is 1. The monoisotopic (exact) mass is 331 g/mol. The normalized spacial score (nSPS) is 10.8. The van der Waals surface area contributed by atoms with Gasteiger partial charge in [-0.2, -0.15) is 0 Å². The maximum Gasteiger partial charge on any atom is 0.267 e. The molecular formula is C16H14ClN3OS. The number of aromatic nitrogens is 2. The summed E-state index contributed by atoms with van der Waals surface area (Å²) in [5.41, 5.74) is 1.10. The summed E-state index contributed by atoms with van der Waals surface area (Å²) in [6.45, 7) is 2.11. The number of rotatable bonds is 4. The van der Waals surface area contributed by atoms with Crippen molar-refractivity contribution in [1.29, 1.82) is 0 Å². The zero-order valence-corrected chi connectivity index (χ0v) is 13.5. The van der Waals surface area contributed by atoms with E-state index in [0.717, 1.165) is 33.4 Å². The Morgan fingerprint density at radius 2 is 2.05 bits per heavy atom. The van der Waals surface area contributed by atoms with Gasteiger partial charge in [-0.05, 0) is 35.6 Å². The van der Waals surface area contributed by atoms with Gasteiger partial charge in [-0.3, -0.25) is 4.79 Å². The molecule has 0 atom stereocenters. The summed E-state index contributed by atoms with van der Waals surface area (Å²) in [5.74, 6) is 0.246. The number of amides is 1. The molecule has 0 saturated heterocycles. The smallest absolute Gasteiger partial charge is 0.267 e. The minimum absolute atomic E-state index is 0.152. The summed E-state index contributed by atoms with van der Waals surface area (Å²) in [6.07, 6.45) is 1.86. The van der Waals surface area contributed by atoms with E-state index in [2.05, 4.69) is 28.5 Å². The van der Waals surface area contributed by atoms with Gasteiger partial charge in [0.1, 0.15) is 0 Å². The maximum absolute atomic E-state index is 12.6. The van der Waals surface area contributed by atoms with Crippen LogP contribution in [0.15, 0.2) is 36.4 Å². The summed E-state index contributed by atoms with van der Waals surface area (Å²) in [5, 5.41) is 11.8. The first-order chi connectivity index (χ1) is 10.7. The van der Waals surface area contributed by atoms with Gasteiger partial charge in [0.2, 0.25) is 0 Å². The number of halogens is 1. The molecule has 2 aromatic heterocycles. The fourth-order valence-electron chi connectivity index (χ4n) is 2.34. The van der Waals surface area contributed by atoms with E-state index in [0.29, 0.717) is 11.0 Å². The van der Waals surface area contributed by atoms with Gasteiger partial charge < -0.3 is 5.32 Å². The molecule has 4 nitrogen and oxygen atoms in total. The predicted molar refractivity (Wildman–Crippen MR) is 90.8 cm³/mol. The highest BCUT2D eigenvalue weighted by molar-refractivity contribution is 7.21. The van der Waals surface area contributed by atoms with E-state index in [1.54, 1.807) is 12.1 Å². The van der Waals surface area contributed by atoms with E-state index < -0.39 is 0 Å². The van der Waals surface area contributed by atoms with Crippen LogP contribution in [0.1, 0.15) is 28.6 Å². The topological polar surface area (TPSA) is 54.9 Å². The zero-order valence-electron chi connectivity index (χ0n) is 12.0. The first-order valence-electron chi connectivity index (χ1n) is 7.00. The van der Waals surface area contributed by atoms with Crippen LogP contribution in [0.5, 0.6) is 0 Å². The van der Waals surface area contributed by atoms with E-state index in [1.807, 2.05) is 18.2 Å². The number of hydrogen-bond donors (Lipinski definition) is 1. The number of aryl methyl sites for hydroxylation is 1. The van der Waals surface area contributed by atoms with Crippen molar-refractivity contribution < 1.29 is 4.79 Å². The van der Waals surface area contributed by atoms with Gasteiger partial charge >= 0.3 is 0 Å². The standard InChI is InChI=1S/C16H14ClN3OS/c1-2-5-11-10-6-3-4-7-12(10)22-15(11)16(21)18-14-9-8-13(17)19-20-14/h3-4,6-9H,2,5H2,1H3,(H,18,20,21). The summed E-state index contributed by atoms with van der Waals surface area (Å²) >= 11 is 7.21. The van der Waals surface area contributed by atoms with Gasteiger partial charge in [0.05, 0.1) is 4.88 Å². The Morgan fingerprint density at radius 3 is 2.77 bits per heavy atom. The average molecular weight is 332 g/mol. The van der Waals surface area contributed by atoms with Crippen molar-refractivity contribution in [1.82, 2.24) is 10.2 Å². The van der Waals surface area contributed by atoms with Crippen LogP contribution in [0.4, 0.5) is 5.82 Å². The SMILES string of the molecule is CCCc1c(C(=O)Nc2ccc(Cl)nn2)sc2ccccc12. The molecule has 2 heterocycles. The van der Waals surface area contributed by atoms with Crippen LogP contribution in [-0.2, 0) is 6.42 Å². The fraction of sp³-hybridized carbons (Fsp3) is 0.188. The Kier molecular flexibility index (Phi) is 4.36. The van der Waals surface area contributed by atoms with Crippen LogP contribution in [-0.4, -0.2) is 16.1 Å². The molecule has 1 aromatic carbocycles. The molecule has 0 aliphatic carbocycles. The third-order valence-electron chi connectivity index (χ3n) is 3.28. The molecule has 3 aromatic rings. The van der Waals surface area contributed by atoms with E-state index in [1.165, 1.54) is 11.3 Å². The van der Waals surface area contributed by atoms with Crippen LogP contribution >= 0.6 is 22.9 Å². The van der Waals surface area contributed by atoms with Crippen molar-refractivity contribution in [3.63, 3.8) is 0 Å². The molecule has 0 bridgehead atoms. The molecule has 1 amide bonds. The van der Waals surface area contributed by atoms with E-state index in [-0.39, 0.29) is 5.91 Å². The second kappa shape index (κ2) is 6.42. The Morgan fingerprint density at radius 1 is 1.23 bits per heavy atom. The van der Waals surface area contributed by atoms with E-state index in [9.17, 15) is 4.79 Å². The number of fused-ring (bicyclic) bond motifs is 1. The molecule has 22 heavy (non-hydrogen) atoms. The largest absolute Gasteiger partial charge is 0.304 e. The van der Waals surface area contributed by atoms with E-state index >= 15 is 0 Å². The van der Waals surface area contributed by atoms with Crippen molar-refractivity contribution in [3.8, 4) is 0 Å². The molecule has 0 unspecified atom stereocenters. The summed E-state index contributed by atoms with van der Waals surface area (Å²) in [4.78, 5) is 13.3. The summed E-state index contributed by atoms with van der Waals surface area (Å²) < 4.78 is 1.12. The lowest BCUT2D eigenvalue weighted by Gasteiger charge is -2.04. The van der Waals surface area contributed by atoms with Crippen molar-refractivity contribution in [2.45, 2.75) is 19.8 Å². The molecule has 6 heteroatoms. The Hall–Kier alpha value is -1.98. The zero-order chi connectivity index (χ0) is 15.5. The Labute approximate surface area is 137 Å². The van der Waals surface area contributed by atoms with Crippen molar-refractivity contribution in [2.24, 2.45) is 0 Å². The van der Waals surface area contributed by atoms with Crippen LogP contribution in [0.25, 0.3) is 10.1 Å². The van der Waals surface area contributed by atoms with Crippen LogP contribution in [0, 0.1) is 0 Å². The lowest BCUT2D eigenvalue weighted by atomic mass is 10.1. The first kappa shape index (κ1) is 14.9. The molecule has 0 spiro atoms. The summed E-state index contributed by atoms with van der Waals surface area (Å²) in [7, 11) is 0. The predicted octanol–water partition coefficient (Wildman–Crippen LogP) is 4.55. The molecule has 3 rings (SSSR count). The van der Waals surface area contributed by atoms with Gasteiger partial charge in [0.25, 0.3) is 5.91 Å². The number of carbonyl (C=O) groups excluding carboxylic acids is 1. The molecular weight excluding hydrogens is 318 g/mol. The van der Waals surface area contributed by atoms with Gasteiger partial charge in [0, 0.05) is 4.70 Å². The first-order valence-corrected chi connectivity index (χ1v) is 8.19. The van der Waals surface area contributed by atoms with Crippen LogP contribution in [0.3, 0.4) is 0 Å². The van der Waals surface area contributed by atoms with Crippen LogP contribution < -0.4 is 5.32 Å². The second-order valence-corrected chi connectivity index (χ2v) is 6.29. The quantitative estimate of drug-likeness (QED) is 0.763. The third kappa shape index (κ3) is 2.96. The molecule has 0 aliphatic heterocycles. The molecule has 0 radical (unpaired) electrons. The van der Waals surface area contributed by atoms with Crippen molar-refractivity contribution >= 4 is 44.7 Å². The molecule has 1 N–H and O–H groups in total. The number of benzene rings is 1. The lowest BCUT2D eigenvalue weighted by molar-refractivity contribution is 0.102. The summed E-state index contributed by atoms with van der Waals surface area (Å²) in [6, 6.07) is 11.3. The number of thiophene rings is 1. The molecule has 0 fully saturated rings. The highest BCUT2D eigenvalue weighted by Gasteiger charge is 2.18. The number of nitrogens with zero attached hydrogens (tertiary/aromatic N) is 2. The highest BCUT2D eigenvalue weighted by Crippen LogP contribution is 2.32. The van der Waals surface area contributed by atoms with Crippen molar-refractivity contribution in [3.05, 3.63) is 52.0 Å². The van der Waals surface area contributed by atoms with Gasteiger partial charge in [-0.1, -0.05) is 43.1 Å². The van der Waals surface area contributed by atoms with Gasteiger partial charge in [-0.25, -0.2) is 0 Å². The lowest BCUT2D eigenvalue weighted by Crippen LogP contribution is -2.13. The fourth-order valence-corrected chi connectivity index (χ4v) is 3.58. The molecule has 0 aliphatic rings. The van der Waals surface area contributed by atoms with Gasteiger partial charge in [0.15, 0.2) is 11.0 Å². The number of anilines is 1. The molecule has 0 saturated carbocycles. The van der Waals surface area contributed by atoms with E-state index in [4.69, 9.17) is 11.6 Å². The highest BCUT2D eigenvalue weighted by atomic mass is 35.5. The van der Waals surface area contributed by atoms with Crippen LogP contribution in [0.2, 0.25) is 5.15 Å². The Balaban J connectivity index is 1.96. The molecule has 112 valence electrons. The Bertz CT molecular complexity index is 814. The number of nitrogens with one attached hydrogen (secondary N) is 1. The van der Waals surface area contributed by atoms with Crippen molar-refractivity contribution in [2.75, 3.05) is 5.32 Å². The second-order valence-electron chi connectivity index (χ2n) is 4.85. The average Bonchev–Trinajstić information content (AvgIpc) is 2.89.